The van der Waals surface area contributed by atoms with E-state index in [0.717, 1.165) is 6.92 Å². The van der Waals surface area contributed by atoms with Crippen LogP contribution in [0.4, 0.5) is 4.39 Å². The number of aliphatic hydroxyl groups is 4. The molecule has 1 aliphatic rings. The maximum Gasteiger partial charge on any atom is 0.336 e. The number of carboxylic acid groups (broad SMARTS) is 1. The minimum Gasteiger partial charge on any atom is -0.479 e. The van der Waals surface area contributed by atoms with E-state index in [0.29, 0.717) is 0 Å². The van der Waals surface area contributed by atoms with Crippen molar-refractivity contribution in [3.63, 3.8) is 0 Å². The molecule has 1 aliphatic heterocycles. The number of alkyl halides is 1. The Balaban J connectivity index is 3.06. The highest BCUT2D eigenvalue weighted by Crippen LogP contribution is 2.27. The number of carbonyl (C=O) groups is 2. The molecule has 7 unspecified atom stereocenters. The van der Waals surface area contributed by atoms with Crippen molar-refractivity contribution in [2.75, 3.05) is 6.61 Å². The molecule has 1 amide bonds. The Morgan fingerprint density at radius 2 is 1.95 bits per heavy atom. The van der Waals surface area contributed by atoms with E-state index in [4.69, 9.17) is 14.9 Å². The summed E-state index contributed by atoms with van der Waals surface area (Å²) in [7, 11) is 0. The summed E-state index contributed by atoms with van der Waals surface area (Å²) in [5, 5.41) is 48.8. The van der Waals surface area contributed by atoms with Gasteiger partial charge in [0.25, 0.3) is 0 Å². The summed E-state index contributed by atoms with van der Waals surface area (Å²) in [5.74, 6) is -2.39. The average molecular weight is 311 g/mol. The molecular formula is C11H18FNO8. The molecule has 122 valence electrons. The molecule has 7 atom stereocenters. The zero-order chi connectivity index (χ0) is 16.3. The van der Waals surface area contributed by atoms with Crippen LogP contribution in [0.3, 0.4) is 0 Å². The van der Waals surface area contributed by atoms with Gasteiger partial charge in [-0.25, -0.2) is 9.18 Å². The van der Waals surface area contributed by atoms with Gasteiger partial charge in [0, 0.05) is 6.92 Å². The van der Waals surface area contributed by atoms with Gasteiger partial charge in [-0.1, -0.05) is 0 Å². The van der Waals surface area contributed by atoms with Crippen molar-refractivity contribution in [1.29, 1.82) is 0 Å². The lowest BCUT2D eigenvalue weighted by molar-refractivity contribution is -0.215. The van der Waals surface area contributed by atoms with Crippen molar-refractivity contribution in [2.24, 2.45) is 0 Å². The zero-order valence-electron chi connectivity index (χ0n) is 11.1. The Labute approximate surface area is 119 Å². The fourth-order valence-electron chi connectivity index (χ4n) is 2.12. The molecule has 0 spiro atoms. The van der Waals surface area contributed by atoms with E-state index in [-0.39, 0.29) is 0 Å². The van der Waals surface area contributed by atoms with Gasteiger partial charge in [-0.2, -0.15) is 0 Å². The number of hydrogen-bond donors (Lipinski definition) is 6. The topological polar surface area (TPSA) is 157 Å². The zero-order valence-corrected chi connectivity index (χ0v) is 11.1. The summed E-state index contributed by atoms with van der Waals surface area (Å²) in [6.07, 6.45) is -11.5. The Morgan fingerprint density at radius 3 is 2.38 bits per heavy atom. The number of rotatable bonds is 5. The minimum absolute atomic E-state index is 0.681. The molecule has 9 nitrogen and oxygen atoms in total. The van der Waals surface area contributed by atoms with Crippen LogP contribution in [0.1, 0.15) is 6.92 Å². The molecule has 1 saturated heterocycles. The van der Waals surface area contributed by atoms with Crippen LogP contribution in [-0.4, -0.2) is 86.7 Å². The third-order valence-corrected chi connectivity index (χ3v) is 3.17. The van der Waals surface area contributed by atoms with Gasteiger partial charge in [-0.15, -0.1) is 0 Å². The van der Waals surface area contributed by atoms with Crippen molar-refractivity contribution in [2.45, 2.75) is 49.7 Å². The maximum atomic E-state index is 13.8. The van der Waals surface area contributed by atoms with Gasteiger partial charge in [0.05, 0.1) is 12.6 Å². The summed E-state index contributed by atoms with van der Waals surface area (Å²) in [6, 6.07) is -1.48. The smallest absolute Gasteiger partial charge is 0.336 e. The van der Waals surface area contributed by atoms with E-state index in [1.54, 1.807) is 0 Å². The molecule has 0 aliphatic carbocycles. The fourth-order valence-corrected chi connectivity index (χ4v) is 2.12. The number of aliphatic carboxylic acids is 1. The lowest BCUT2D eigenvalue weighted by Crippen LogP contribution is -2.67. The normalized spacial score (nSPS) is 35.8. The van der Waals surface area contributed by atoms with E-state index in [1.165, 1.54) is 0 Å². The molecule has 1 heterocycles. The Morgan fingerprint density at radius 1 is 1.38 bits per heavy atom. The summed E-state index contributed by atoms with van der Waals surface area (Å²) in [4.78, 5) is 22.0. The number of nitrogens with one attached hydrogen (secondary N) is 1. The van der Waals surface area contributed by atoms with Crippen molar-refractivity contribution in [3.8, 4) is 0 Å². The van der Waals surface area contributed by atoms with Gasteiger partial charge >= 0.3 is 5.97 Å². The highest BCUT2D eigenvalue weighted by molar-refractivity contribution is 5.75. The number of halogens is 1. The van der Waals surface area contributed by atoms with Gasteiger partial charge in [0.1, 0.15) is 24.4 Å². The number of amides is 1. The third kappa shape index (κ3) is 3.86. The molecule has 1 rings (SSSR count). The van der Waals surface area contributed by atoms with E-state index >= 15 is 0 Å². The number of carbonyl (C=O) groups excluding carboxylic acids is 1. The second kappa shape index (κ2) is 7.09. The molecule has 0 aromatic rings. The van der Waals surface area contributed by atoms with Crippen molar-refractivity contribution >= 4 is 11.9 Å². The molecule has 21 heavy (non-hydrogen) atoms. The summed E-state index contributed by atoms with van der Waals surface area (Å²) in [5.41, 5.74) is 0. The number of carboxylic acids is 1. The van der Waals surface area contributed by atoms with Crippen LogP contribution in [0.5, 0.6) is 0 Å². The Bertz CT molecular complexity index is 394. The number of ether oxygens (including phenoxy) is 1. The third-order valence-electron chi connectivity index (χ3n) is 3.17. The first kappa shape index (κ1) is 17.7. The van der Waals surface area contributed by atoms with Gasteiger partial charge in [-0.3, -0.25) is 4.79 Å². The number of hydrogen-bond acceptors (Lipinski definition) is 7. The molecule has 10 heteroatoms. The number of aliphatic hydroxyl groups excluding tert-OH is 4. The second-order valence-corrected chi connectivity index (χ2v) is 4.76. The van der Waals surface area contributed by atoms with Crippen LogP contribution in [-0.2, 0) is 14.3 Å². The van der Waals surface area contributed by atoms with Crippen LogP contribution < -0.4 is 5.32 Å². The van der Waals surface area contributed by atoms with Crippen molar-refractivity contribution in [1.82, 2.24) is 5.32 Å². The lowest BCUT2D eigenvalue weighted by Gasteiger charge is -2.43. The first-order valence-electron chi connectivity index (χ1n) is 6.15. The van der Waals surface area contributed by atoms with E-state index in [9.17, 15) is 29.3 Å². The summed E-state index contributed by atoms with van der Waals surface area (Å²) < 4.78 is 18.7. The highest BCUT2D eigenvalue weighted by Gasteiger charge is 2.52. The van der Waals surface area contributed by atoms with Crippen LogP contribution in [0.2, 0.25) is 0 Å². The van der Waals surface area contributed by atoms with Crippen LogP contribution in [0.25, 0.3) is 0 Å². The average Bonchev–Trinajstić information content (AvgIpc) is 2.41. The molecule has 0 aromatic carbocycles. The summed E-state index contributed by atoms with van der Waals surface area (Å²) >= 11 is 0. The quantitative estimate of drug-likeness (QED) is 0.309. The van der Waals surface area contributed by atoms with Crippen LogP contribution in [0.15, 0.2) is 0 Å². The van der Waals surface area contributed by atoms with Crippen molar-refractivity contribution < 1.29 is 44.2 Å². The Hall–Kier alpha value is -1.33. The summed E-state index contributed by atoms with van der Waals surface area (Å²) in [6.45, 7) is 0.190. The van der Waals surface area contributed by atoms with E-state index in [1.807, 2.05) is 0 Å². The SMILES string of the molecule is CC(=O)NC1C(O)C(F)C(C(=O)O)OC1C(O)C(O)CO. The molecular weight excluding hydrogens is 293 g/mol. The highest BCUT2D eigenvalue weighted by atomic mass is 19.1. The molecule has 6 N–H and O–H groups in total. The molecule has 0 bridgehead atoms. The van der Waals surface area contributed by atoms with E-state index < -0.39 is 61.2 Å². The standard InChI is InChI=1S/C11H18FNO8/c1-3(15)13-6-8(18)5(12)9(11(19)20)21-10(6)7(17)4(16)2-14/h4-10,14,16-18H,2H2,1H3,(H,13,15)(H,19,20). The van der Waals surface area contributed by atoms with Gasteiger partial charge < -0.3 is 35.6 Å². The molecule has 0 aromatic heterocycles. The van der Waals surface area contributed by atoms with Gasteiger partial charge in [0.15, 0.2) is 12.3 Å². The molecule has 0 radical (unpaired) electrons. The monoisotopic (exact) mass is 311 g/mol. The molecule has 0 saturated carbocycles. The maximum absolute atomic E-state index is 13.8. The van der Waals surface area contributed by atoms with Gasteiger partial charge in [0.2, 0.25) is 5.91 Å². The van der Waals surface area contributed by atoms with Crippen LogP contribution in [0, 0.1) is 0 Å². The lowest BCUT2D eigenvalue weighted by atomic mass is 9.89. The van der Waals surface area contributed by atoms with E-state index in [2.05, 4.69) is 5.32 Å². The van der Waals surface area contributed by atoms with Crippen LogP contribution >= 0.6 is 0 Å². The second-order valence-electron chi connectivity index (χ2n) is 4.76. The Kier molecular flexibility index (Phi) is 5.98. The predicted molar refractivity (Wildman–Crippen MR) is 63.9 cm³/mol. The first-order chi connectivity index (χ1) is 9.70. The van der Waals surface area contributed by atoms with Crippen molar-refractivity contribution in [3.05, 3.63) is 0 Å². The first-order valence-corrected chi connectivity index (χ1v) is 6.15. The largest absolute Gasteiger partial charge is 0.479 e. The minimum atomic E-state index is -2.34. The fraction of sp³-hybridized carbons (Fsp3) is 0.818. The van der Waals surface area contributed by atoms with Gasteiger partial charge in [-0.05, 0) is 0 Å². The molecule has 1 fully saturated rings. The predicted octanol–water partition coefficient (Wildman–Crippen LogP) is -3.24.